The van der Waals surface area contributed by atoms with Crippen molar-refractivity contribution in [1.29, 1.82) is 0 Å². The molecule has 1 rings (SSSR count). The number of rotatable bonds is 3. The molecule has 70 valence electrons. The first kappa shape index (κ1) is 14.0. The molecule has 0 aliphatic heterocycles. The molecule has 1 aromatic rings. The van der Waals surface area contributed by atoms with Crippen molar-refractivity contribution in [3.8, 4) is 0 Å². The molecule has 0 aromatic carbocycles. The molecule has 0 N–H and O–H groups in total. The number of halogens is 1. The lowest BCUT2D eigenvalue weighted by atomic mass is 10.3. The number of pyridine rings is 1. The van der Waals surface area contributed by atoms with Gasteiger partial charge in [-0.25, -0.2) is 4.57 Å². The summed E-state index contributed by atoms with van der Waals surface area (Å²) in [5.41, 5.74) is 0. The third kappa shape index (κ3) is 5.14. The van der Waals surface area contributed by atoms with E-state index in [1.54, 1.807) is 0 Å². The van der Waals surface area contributed by atoms with E-state index in [1.807, 2.05) is 6.07 Å². The summed E-state index contributed by atoms with van der Waals surface area (Å²) in [6.07, 6.45) is 6.75. The van der Waals surface area contributed by atoms with Crippen molar-refractivity contribution in [2.75, 3.05) is 0 Å². The number of aryl methyl sites for hydroxylation is 1. The SMILES string of the molecule is C.CCCC[n+]1ccccc1.[Cl-]. The van der Waals surface area contributed by atoms with Gasteiger partial charge in [0.1, 0.15) is 6.54 Å². The minimum atomic E-state index is 0. The van der Waals surface area contributed by atoms with E-state index < -0.39 is 0 Å². The molecule has 0 unspecified atom stereocenters. The lowest BCUT2D eigenvalue weighted by Crippen LogP contribution is -3.00. The number of nitrogens with zero attached hydrogens (tertiary/aromatic N) is 1. The van der Waals surface area contributed by atoms with E-state index in [0.717, 1.165) is 6.54 Å². The fourth-order valence-corrected chi connectivity index (χ4v) is 0.924. The fraction of sp³-hybridized carbons (Fsp3) is 0.500. The highest BCUT2D eigenvalue weighted by Crippen LogP contribution is 1.85. The van der Waals surface area contributed by atoms with Crippen LogP contribution in [0, 0.1) is 0 Å². The fourth-order valence-electron chi connectivity index (χ4n) is 0.924. The van der Waals surface area contributed by atoms with Crippen molar-refractivity contribution < 1.29 is 17.0 Å². The Bertz CT molecular complexity index is 174. The third-order valence-electron chi connectivity index (χ3n) is 1.55. The largest absolute Gasteiger partial charge is 1.00 e. The molecule has 0 atom stereocenters. The van der Waals surface area contributed by atoms with Crippen molar-refractivity contribution in [3.63, 3.8) is 0 Å². The van der Waals surface area contributed by atoms with E-state index in [9.17, 15) is 0 Å². The maximum absolute atomic E-state index is 2.21. The zero-order valence-electron chi connectivity index (χ0n) is 6.83. The van der Waals surface area contributed by atoms with Gasteiger partial charge in [-0.15, -0.1) is 0 Å². The Labute approximate surface area is 81.8 Å². The van der Waals surface area contributed by atoms with Gasteiger partial charge >= 0.3 is 0 Å². The lowest BCUT2D eigenvalue weighted by molar-refractivity contribution is -0.697. The molecule has 1 heterocycles. The predicted octanol–water partition coefficient (Wildman–Crippen LogP) is -0.586. The zero-order valence-corrected chi connectivity index (χ0v) is 7.59. The second-order valence-electron chi connectivity index (χ2n) is 2.47. The average Bonchev–Trinajstić information content (AvgIpc) is 2.03. The van der Waals surface area contributed by atoms with E-state index in [-0.39, 0.29) is 19.8 Å². The molecule has 0 aliphatic carbocycles. The van der Waals surface area contributed by atoms with Crippen LogP contribution in [0.15, 0.2) is 30.6 Å². The van der Waals surface area contributed by atoms with Crippen LogP contribution >= 0.6 is 0 Å². The molecule has 0 saturated heterocycles. The highest BCUT2D eigenvalue weighted by molar-refractivity contribution is 4.83. The number of unbranched alkanes of at least 4 members (excludes halogenated alkanes) is 1. The van der Waals surface area contributed by atoms with Crippen molar-refractivity contribution in [2.24, 2.45) is 0 Å². The van der Waals surface area contributed by atoms with Crippen LogP contribution in [0.4, 0.5) is 0 Å². The summed E-state index contributed by atoms with van der Waals surface area (Å²) in [6, 6.07) is 6.17. The van der Waals surface area contributed by atoms with Crippen LogP contribution in [0.5, 0.6) is 0 Å². The number of aromatic nitrogens is 1. The normalized spacial score (nSPS) is 8.08. The van der Waals surface area contributed by atoms with Gasteiger partial charge < -0.3 is 12.4 Å². The predicted molar refractivity (Wildman–Crippen MR) is 48.3 cm³/mol. The van der Waals surface area contributed by atoms with E-state index in [2.05, 4.69) is 36.0 Å². The summed E-state index contributed by atoms with van der Waals surface area (Å²) in [5, 5.41) is 0. The molecular formula is C10H18ClN. The topological polar surface area (TPSA) is 3.88 Å². The molecule has 0 fully saturated rings. The van der Waals surface area contributed by atoms with Gasteiger partial charge in [0, 0.05) is 18.6 Å². The first-order chi connectivity index (χ1) is 4.93. The van der Waals surface area contributed by atoms with Crippen molar-refractivity contribution in [1.82, 2.24) is 0 Å². The maximum atomic E-state index is 2.21. The van der Waals surface area contributed by atoms with Gasteiger partial charge in [-0.05, 0) is 0 Å². The maximum Gasteiger partial charge on any atom is 0.168 e. The molecule has 1 nitrogen and oxygen atoms in total. The summed E-state index contributed by atoms with van der Waals surface area (Å²) < 4.78 is 2.21. The molecule has 12 heavy (non-hydrogen) atoms. The van der Waals surface area contributed by atoms with Crippen molar-refractivity contribution in [2.45, 2.75) is 33.7 Å². The van der Waals surface area contributed by atoms with Crippen molar-refractivity contribution in [3.05, 3.63) is 30.6 Å². The van der Waals surface area contributed by atoms with E-state index >= 15 is 0 Å². The standard InChI is InChI=1S/C9H14N.CH4.ClH/c1-2-3-7-10-8-5-4-6-9-10;;/h4-6,8-9H,2-3,7H2,1H3;1H4;1H/q+1;;/p-1. The first-order valence-corrected chi connectivity index (χ1v) is 3.87. The average molecular weight is 188 g/mol. The Morgan fingerprint density at radius 3 is 2.17 bits per heavy atom. The second-order valence-corrected chi connectivity index (χ2v) is 2.47. The van der Waals surface area contributed by atoms with Gasteiger partial charge in [0.05, 0.1) is 0 Å². The Kier molecular flexibility index (Phi) is 9.95. The van der Waals surface area contributed by atoms with Gasteiger partial charge in [0.2, 0.25) is 0 Å². The Morgan fingerprint density at radius 2 is 1.67 bits per heavy atom. The molecule has 2 heteroatoms. The molecule has 0 bridgehead atoms. The van der Waals surface area contributed by atoms with Crippen LogP contribution in [-0.2, 0) is 6.54 Å². The van der Waals surface area contributed by atoms with Crippen LogP contribution in [0.25, 0.3) is 0 Å². The molecule has 0 radical (unpaired) electrons. The van der Waals surface area contributed by atoms with E-state index in [4.69, 9.17) is 0 Å². The molecule has 0 amide bonds. The van der Waals surface area contributed by atoms with Crippen LogP contribution in [0.1, 0.15) is 27.2 Å². The monoisotopic (exact) mass is 187 g/mol. The summed E-state index contributed by atoms with van der Waals surface area (Å²) in [6.45, 7) is 3.36. The van der Waals surface area contributed by atoms with Gasteiger partial charge in [-0.1, -0.05) is 26.8 Å². The number of hydrogen-bond donors (Lipinski definition) is 0. The van der Waals surface area contributed by atoms with E-state index in [1.165, 1.54) is 12.8 Å². The second kappa shape index (κ2) is 8.54. The minimum Gasteiger partial charge on any atom is -1.00 e. The first-order valence-electron chi connectivity index (χ1n) is 3.87. The highest BCUT2D eigenvalue weighted by atomic mass is 35.5. The molecular weight excluding hydrogens is 170 g/mol. The number of hydrogen-bond acceptors (Lipinski definition) is 0. The van der Waals surface area contributed by atoms with Crippen LogP contribution in [0.2, 0.25) is 0 Å². The van der Waals surface area contributed by atoms with Gasteiger partial charge in [0.15, 0.2) is 12.4 Å². The molecule has 0 saturated carbocycles. The van der Waals surface area contributed by atoms with Gasteiger partial charge in [0.25, 0.3) is 0 Å². The van der Waals surface area contributed by atoms with Crippen LogP contribution in [0.3, 0.4) is 0 Å². The van der Waals surface area contributed by atoms with Gasteiger partial charge in [-0.3, -0.25) is 0 Å². The molecule has 1 aromatic heterocycles. The van der Waals surface area contributed by atoms with Crippen molar-refractivity contribution >= 4 is 0 Å². The highest BCUT2D eigenvalue weighted by Gasteiger charge is 1.93. The minimum absolute atomic E-state index is 0. The lowest BCUT2D eigenvalue weighted by Gasteiger charge is -1.91. The van der Waals surface area contributed by atoms with E-state index in [0.29, 0.717) is 0 Å². The zero-order chi connectivity index (χ0) is 7.23. The quantitative estimate of drug-likeness (QED) is 0.558. The Balaban J connectivity index is 0. The summed E-state index contributed by atoms with van der Waals surface area (Å²) in [4.78, 5) is 0. The molecule has 0 aliphatic rings. The summed E-state index contributed by atoms with van der Waals surface area (Å²) in [7, 11) is 0. The third-order valence-corrected chi connectivity index (χ3v) is 1.55. The smallest absolute Gasteiger partial charge is 0.168 e. The van der Waals surface area contributed by atoms with Crippen LogP contribution in [-0.4, -0.2) is 0 Å². The van der Waals surface area contributed by atoms with Gasteiger partial charge in [-0.2, -0.15) is 0 Å². The Morgan fingerprint density at radius 1 is 1.08 bits per heavy atom. The summed E-state index contributed by atoms with van der Waals surface area (Å²) >= 11 is 0. The molecule has 0 spiro atoms. The summed E-state index contributed by atoms with van der Waals surface area (Å²) in [5.74, 6) is 0. The Hall–Kier alpha value is -0.560. The van der Waals surface area contributed by atoms with Crippen LogP contribution < -0.4 is 17.0 Å².